The van der Waals surface area contributed by atoms with Gasteiger partial charge in [0.15, 0.2) is 0 Å². The molecule has 1 saturated heterocycles. The van der Waals surface area contributed by atoms with Crippen molar-refractivity contribution in [3.63, 3.8) is 0 Å². The van der Waals surface area contributed by atoms with E-state index in [0.29, 0.717) is 28.7 Å². The van der Waals surface area contributed by atoms with E-state index >= 15 is 0 Å². The second kappa shape index (κ2) is 5.59. The third-order valence-electron chi connectivity index (χ3n) is 2.81. The topological polar surface area (TPSA) is 58.2 Å². The van der Waals surface area contributed by atoms with Gasteiger partial charge in [-0.3, -0.25) is 9.59 Å². The van der Waals surface area contributed by atoms with Crippen molar-refractivity contribution in [1.29, 1.82) is 0 Å². The molecule has 0 radical (unpaired) electrons. The van der Waals surface area contributed by atoms with E-state index in [2.05, 4.69) is 10.6 Å². The summed E-state index contributed by atoms with van der Waals surface area (Å²) in [5, 5.41) is 6.30. The highest BCUT2D eigenvalue weighted by Gasteiger charge is 2.25. The second-order valence-corrected chi connectivity index (χ2v) is 5.00. The number of hydrogen-bond donors (Lipinski definition) is 2. The fourth-order valence-corrected chi connectivity index (χ4v) is 2.29. The molecular weight excluding hydrogens is 275 g/mol. The molecular formula is C12H12Cl2N2O2. The van der Waals surface area contributed by atoms with Crippen molar-refractivity contribution in [1.82, 2.24) is 5.32 Å². The minimum absolute atomic E-state index is 0.0939. The first kappa shape index (κ1) is 13.2. The molecule has 1 heterocycles. The summed E-state index contributed by atoms with van der Waals surface area (Å²) in [5.74, 6) is -0.580. The average Bonchev–Trinajstić information content (AvgIpc) is 2.32. The number of hydrogen-bond acceptors (Lipinski definition) is 2. The molecule has 6 heteroatoms. The zero-order valence-electron chi connectivity index (χ0n) is 9.50. The Labute approximate surface area is 115 Å². The summed E-state index contributed by atoms with van der Waals surface area (Å²) in [5.41, 5.74) is 0.511. The zero-order chi connectivity index (χ0) is 13.1. The number of anilines is 1. The maximum Gasteiger partial charge on any atom is 0.228 e. The van der Waals surface area contributed by atoms with E-state index in [1.807, 2.05) is 0 Å². The Morgan fingerprint density at radius 3 is 2.83 bits per heavy atom. The number of rotatable bonds is 2. The van der Waals surface area contributed by atoms with Gasteiger partial charge >= 0.3 is 0 Å². The highest BCUT2D eigenvalue weighted by molar-refractivity contribution is 6.36. The molecule has 0 saturated carbocycles. The molecule has 1 unspecified atom stereocenters. The van der Waals surface area contributed by atoms with Gasteiger partial charge in [-0.2, -0.15) is 0 Å². The summed E-state index contributed by atoms with van der Waals surface area (Å²) in [7, 11) is 0. The first-order chi connectivity index (χ1) is 8.56. The Morgan fingerprint density at radius 1 is 1.39 bits per heavy atom. The first-order valence-corrected chi connectivity index (χ1v) is 6.34. The zero-order valence-corrected chi connectivity index (χ0v) is 11.0. The molecule has 1 fully saturated rings. The van der Waals surface area contributed by atoms with Crippen LogP contribution in [-0.4, -0.2) is 18.4 Å². The highest BCUT2D eigenvalue weighted by atomic mass is 35.5. The molecule has 1 aliphatic rings. The lowest BCUT2D eigenvalue weighted by molar-refractivity contribution is -0.129. The quantitative estimate of drug-likeness (QED) is 0.877. The maximum atomic E-state index is 12.0. The van der Waals surface area contributed by atoms with E-state index in [4.69, 9.17) is 23.2 Å². The summed E-state index contributed by atoms with van der Waals surface area (Å²) in [4.78, 5) is 23.2. The number of benzene rings is 1. The molecule has 2 rings (SSSR count). The van der Waals surface area contributed by atoms with Crippen LogP contribution in [0.1, 0.15) is 12.8 Å². The van der Waals surface area contributed by atoms with E-state index in [-0.39, 0.29) is 24.2 Å². The maximum absolute atomic E-state index is 12.0. The molecule has 0 spiro atoms. The Balaban J connectivity index is 2.04. The number of nitrogens with one attached hydrogen (secondary N) is 2. The average molecular weight is 287 g/mol. The molecule has 18 heavy (non-hydrogen) atoms. The molecule has 0 bridgehead atoms. The monoisotopic (exact) mass is 286 g/mol. The van der Waals surface area contributed by atoms with Crippen molar-refractivity contribution < 1.29 is 9.59 Å². The molecule has 1 aliphatic heterocycles. The third-order valence-corrected chi connectivity index (χ3v) is 3.35. The SMILES string of the molecule is O=C1CC(C(=O)Nc2ccc(Cl)cc2Cl)CCN1. The molecule has 1 atom stereocenters. The van der Waals surface area contributed by atoms with Gasteiger partial charge in [0.25, 0.3) is 0 Å². The Kier molecular flexibility index (Phi) is 4.09. The Morgan fingerprint density at radius 2 is 2.17 bits per heavy atom. The van der Waals surface area contributed by atoms with Crippen LogP contribution in [0, 0.1) is 5.92 Å². The summed E-state index contributed by atoms with van der Waals surface area (Å²) < 4.78 is 0. The highest BCUT2D eigenvalue weighted by Crippen LogP contribution is 2.26. The third kappa shape index (κ3) is 3.15. The lowest BCUT2D eigenvalue weighted by atomic mass is 9.96. The van der Waals surface area contributed by atoms with Crippen molar-refractivity contribution in [2.75, 3.05) is 11.9 Å². The van der Waals surface area contributed by atoms with Crippen LogP contribution in [0.15, 0.2) is 18.2 Å². The van der Waals surface area contributed by atoms with E-state index < -0.39 is 0 Å². The van der Waals surface area contributed by atoms with Gasteiger partial charge in [-0.05, 0) is 24.6 Å². The van der Waals surface area contributed by atoms with Crippen molar-refractivity contribution in [2.45, 2.75) is 12.8 Å². The summed E-state index contributed by atoms with van der Waals surface area (Å²) in [6.45, 7) is 0.533. The van der Waals surface area contributed by atoms with Crippen LogP contribution >= 0.6 is 23.2 Å². The molecule has 0 aromatic heterocycles. The molecule has 96 valence electrons. The van der Waals surface area contributed by atoms with Crippen LogP contribution in [0.4, 0.5) is 5.69 Å². The summed E-state index contributed by atoms with van der Waals surface area (Å²) in [6.07, 6.45) is 0.861. The predicted octanol–water partition coefficient (Wildman–Crippen LogP) is 2.46. The van der Waals surface area contributed by atoms with Crippen LogP contribution in [0.3, 0.4) is 0 Å². The number of piperidine rings is 1. The number of halogens is 2. The molecule has 2 amide bonds. The van der Waals surface area contributed by atoms with E-state index in [0.717, 1.165) is 0 Å². The minimum atomic E-state index is -0.300. The van der Waals surface area contributed by atoms with Crippen molar-refractivity contribution in [3.05, 3.63) is 28.2 Å². The van der Waals surface area contributed by atoms with Crippen molar-refractivity contribution in [3.8, 4) is 0 Å². The van der Waals surface area contributed by atoms with Crippen LogP contribution in [-0.2, 0) is 9.59 Å². The number of carbonyl (C=O) groups is 2. The van der Waals surface area contributed by atoms with Gasteiger partial charge in [-0.25, -0.2) is 0 Å². The van der Waals surface area contributed by atoms with Gasteiger partial charge in [0.1, 0.15) is 0 Å². The Hall–Kier alpha value is -1.26. The van der Waals surface area contributed by atoms with Gasteiger partial charge in [0, 0.05) is 23.9 Å². The van der Waals surface area contributed by atoms with Gasteiger partial charge in [0.05, 0.1) is 10.7 Å². The van der Waals surface area contributed by atoms with Gasteiger partial charge in [-0.15, -0.1) is 0 Å². The predicted molar refractivity (Wildman–Crippen MR) is 70.8 cm³/mol. The molecule has 1 aromatic rings. The second-order valence-electron chi connectivity index (χ2n) is 4.15. The summed E-state index contributed by atoms with van der Waals surface area (Å²) in [6, 6.07) is 4.86. The first-order valence-electron chi connectivity index (χ1n) is 5.59. The van der Waals surface area contributed by atoms with Crippen molar-refractivity contribution in [2.24, 2.45) is 5.92 Å². The minimum Gasteiger partial charge on any atom is -0.356 e. The number of amides is 2. The fourth-order valence-electron chi connectivity index (χ4n) is 1.83. The molecule has 0 aliphatic carbocycles. The van der Waals surface area contributed by atoms with Gasteiger partial charge in [-0.1, -0.05) is 23.2 Å². The lowest BCUT2D eigenvalue weighted by Gasteiger charge is -2.21. The number of carbonyl (C=O) groups excluding carboxylic acids is 2. The van der Waals surface area contributed by atoms with Crippen molar-refractivity contribution >= 4 is 40.7 Å². The molecule has 2 N–H and O–H groups in total. The van der Waals surface area contributed by atoms with Gasteiger partial charge in [0.2, 0.25) is 11.8 Å². The van der Waals surface area contributed by atoms with E-state index in [1.165, 1.54) is 0 Å². The summed E-state index contributed by atoms with van der Waals surface area (Å²) >= 11 is 11.7. The smallest absolute Gasteiger partial charge is 0.228 e. The van der Waals surface area contributed by atoms with Crippen LogP contribution in [0.25, 0.3) is 0 Å². The molecule has 4 nitrogen and oxygen atoms in total. The van der Waals surface area contributed by atoms with E-state index in [9.17, 15) is 9.59 Å². The van der Waals surface area contributed by atoms with Gasteiger partial charge < -0.3 is 10.6 Å². The standard InChI is InChI=1S/C12H12Cl2N2O2/c13-8-1-2-10(9(14)6-8)16-12(18)7-3-4-15-11(17)5-7/h1-2,6-7H,3-5H2,(H,15,17)(H,16,18). The van der Waals surface area contributed by atoms with Crippen LogP contribution < -0.4 is 10.6 Å². The fraction of sp³-hybridized carbons (Fsp3) is 0.333. The largest absolute Gasteiger partial charge is 0.356 e. The lowest BCUT2D eigenvalue weighted by Crippen LogP contribution is -2.38. The van der Waals surface area contributed by atoms with E-state index in [1.54, 1.807) is 18.2 Å². The normalized spacial score (nSPS) is 19.2. The van der Waals surface area contributed by atoms with Crippen LogP contribution in [0.5, 0.6) is 0 Å². The van der Waals surface area contributed by atoms with Crippen LogP contribution in [0.2, 0.25) is 10.0 Å². The Bertz CT molecular complexity index is 491. The molecule has 1 aromatic carbocycles.